The lowest BCUT2D eigenvalue weighted by Gasteiger charge is -2.44. The molecule has 4 amide bonds. The van der Waals surface area contributed by atoms with Gasteiger partial charge in [0.2, 0.25) is 11.8 Å². The van der Waals surface area contributed by atoms with Crippen LogP contribution in [0.25, 0.3) is 0 Å². The van der Waals surface area contributed by atoms with Crippen LogP contribution in [0.2, 0.25) is 0 Å². The third-order valence-electron chi connectivity index (χ3n) is 16.9. The average Bonchev–Trinajstić information content (AvgIpc) is 1.69. The monoisotopic (exact) mass is 1250 g/mol. The Bertz CT molecular complexity index is 1910. The second-order valence-electron chi connectivity index (χ2n) is 24.5. The van der Waals surface area contributed by atoms with Crippen LogP contribution >= 0.6 is 11.8 Å². The van der Waals surface area contributed by atoms with Crippen molar-refractivity contribution in [3.05, 3.63) is 35.5 Å². The number of carbonyl (C=O) groups excluding carboxylic acids is 3. The molecular weight excluding hydrogens is 1140 g/mol. The summed E-state index contributed by atoms with van der Waals surface area (Å²) in [6.07, 6.45) is 21.8. The number of urea groups is 1. The molecule has 0 radical (unpaired) electrons. The topological polar surface area (TPSA) is 230 Å². The van der Waals surface area contributed by atoms with Crippen LogP contribution in [0.15, 0.2) is 35.5 Å². The van der Waals surface area contributed by atoms with Crippen LogP contribution in [-0.4, -0.2) is 223 Å². The van der Waals surface area contributed by atoms with Gasteiger partial charge in [-0.2, -0.15) is 11.8 Å². The van der Waals surface area contributed by atoms with Crippen molar-refractivity contribution in [2.75, 3.05) is 171 Å². The van der Waals surface area contributed by atoms with Crippen LogP contribution in [0.3, 0.4) is 0 Å². The highest BCUT2D eigenvalue weighted by molar-refractivity contribution is 8.00. The smallest absolute Gasteiger partial charge is 0.315 e. The summed E-state index contributed by atoms with van der Waals surface area (Å²) in [6, 6.07) is 0.657. The lowest BCUT2D eigenvalue weighted by Crippen LogP contribution is -2.36. The third kappa shape index (κ3) is 34.5. The number of amides is 4. The summed E-state index contributed by atoms with van der Waals surface area (Å²) < 4.78 is 65.6. The zero-order chi connectivity index (χ0) is 62.6. The molecule has 3 aliphatic carbocycles. The Morgan fingerprint density at radius 3 is 1.70 bits per heavy atom. The number of allylic oxidation sites excluding steroid dienone is 4. The molecule has 0 spiro atoms. The van der Waals surface area contributed by atoms with Gasteiger partial charge < -0.3 is 83.2 Å². The summed E-state index contributed by atoms with van der Waals surface area (Å²) >= 11 is 1.90. The van der Waals surface area contributed by atoms with Gasteiger partial charge in [-0.3, -0.25) is 9.59 Å². The van der Waals surface area contributed by atoms with Crippen molar-refractivity contribution in [2.45, 2.75) is 173 Å². The minimum absolute atomic E-state index is 0.0436. The van der Waals surface area contributed by atoms with Gasteiger partial charge in [0, 0.05) is 43.5 Å². The summed E-state index contributed by atoms with van der Waals surface area (Å²) in [6.45, 7) is 29.8. The predicted molar refractivity (Wildman–Crippen MR) is 341 cm³/mol. The Balaban J connectivity index is 0.000000426. The molecule has 87 heavy (non-hydrogen) atoms. The minimum Gasteiger partial charge on any atom is -0.390 e. The van der Waals surface area contributed by atoms with Crippen molar-refractivity contribution in [3.8, 4) is 0 Å². The lowest BCUT2D eigenvalue weighted by atomic mass is 9.60. The Kier molecular flexibility index (Phi) is 41.6. The number of thioether (sulfide) groups is 1. The van der Waals surface area contributed by atoms with E-state index in [-0.39, 0.29) is 36.0 Å². The first-order valence-corrected chi connectivity index (χ1v) is 34.2. The van der Waals surface area contributed by atoms with E-state index in [2.05, 4.69) is 60.8 Å². The fraction of sp³-hybridized carbons (Fsp3) is 0.864. The number of hydrogen-bond donors (Lipinski definition) is 5. The van der Waals surface area contributed by atoms with Gasteiger partial charge in [-0.1, -0.05) is 69.9 Å². The molecule has 2 heterocycles. The zero-order valence-corrected chi connectivity index (χ0v) is 55.4. The van der Waals surface area contributed by atoms with E-state index in [9.17, 15) is 19.5 Å². The summed E-state index contributed by atoms with van der Waals surface area (Å²) in [5.74, 6) is 3.29. The first kappa shape index (κ1) is 76.7. The maximum atomic E-state index is 12.0. The second-order valence-corrected chi connectivity index (χ2v) is 25.8. The molecule has 504 valence electrons. The number of hydrogen-bond acceptors (Lipinski definition) is 17. The largest absolute Gasteiger partial charge is 0.390 e. The van der Waals surface area contributed by atoms with E-state index in [1.165, 1.54) is 49.7 Å². The molecule has 20 nitrogen and oxygen atoms in total. The van der Waals surface area contributed by atoms with Crippen molar-refractivity contribution >= 4 is 29.6 Å². The number of ether oxygens (including phenoxy) is 12. The quantitative estimate of drug-likeness (QED) is 0.0285. The summed E-state index contributed by atoms with van der Waals surface area (Å²) in [4.78, 5) is 35.0. The molecule has 2 aliphatic heterocycles. The number of nitrogens with one attached hydrogen (secondary N) is 4. The molecule has 0 aromatic heterocycles. The lowest BCUT2D eigenvalue weighted by molar-refractivity contribution is -0.121. The molecule has 2 saturated heterocycles. The van der Waals surface area contributed by atoms with E-state index in [4.69, 9.17) is 56.8 Å². The number of rotatable bonds is 50. The van der Waals surface area contributed by atoms with E-state index in [0.29, 0.717) is 182 Å². The molecule has 0 aromatic rings. The van der Waals surface area contributed by atoms with Crippen molar-refractivity contribution in [1.82, 2.24) is 21.3 Å². The first-order chi connectivity index (χ1) is 42.2. The predicted octanol–water partition coefficient (Wildman–Crippen LogP) is 8.32. The molecule has 5 fully saturated rings. The fourth-order valence-corrected chi connectivity index (χ4v) is 13.9. The van der Waals surface area contributed by atoms with E-state index in [0.717, 1.165) is 82.0 Å². The third-order valence-corrected chi connectivity index (χ3v) is 18.4. The molecule has 5 aliphatic rings. The second kappa shape index (κ2) is 47.2. The van der Waals surface area contributed by atoms with Crippen LogP contribution in [0.1, 0.15) is 144 Å². The van der Waals surface area contributed by atoms with Crippen molar-refractivity contribution in [3.63, 3.8) is 0 Å². The number of aliphatic hydroxyl groups is 1. The van der Waals surface area contributed by atoms with Crippen LogP contribution in [0.5, 0.6) is 0 Å². The SMILES string of the molecule is C=C1CC[C@@H](NC(C)=O)C/C1=C/C=C1\CCC[C@@]2(C)C1CC[C@@H]2C(C)CCCC(C)(C)O.CCCOCCOCCOCCOCCOCCOCCOCCOCCOCCOCCOCCOCCNC(=O)CCCC[C@@H]1SC[C@@H]2NC(=O)N[C@@H]21. The normalized spacial score (nSPS) is 23.9. The van der Waals surface area contributed by atoms with Gasteiger partial charge in [0.1, 0.15) is 0 Å². The van der Waals surface area contributed by atoms with Crippen LogP contribution < -0.4 is 21.3 Å². The van der Waals surface area contributed by atoms with Gasteiger partial charge >= 0.3 is 6.03 Å². The van der Waals surface area contributed by atoms with Crippen molar-refractivity contribution in [1.29, 1.82) is 0 Å². The van der Waals surface area contributed by atoms with E-state index in [1.807, 2.05) is 25.6 Å². The molecule has 3 saturated carbocycles. The fourth-order valence-electron chi connectivity index (χ4n) is 12.4. The maximum Gasteiger partial charge on any atom is 0.315 e. The van der Waals surface area contributed by atoms with Gasteiger partial charge in [0.15, 0.2) is 0 Å². The Hall–Kier alpha value is -2.74. The number of fused-ring (bicyclic) bond motifs is 2. The molecule has 2 unspecified atom stereocenters. The highest BCUT2D eigenvalue weighted by Crippen LogP contribution is 2.60. The summed E-state index contributed by atoms with van der Waals surface area (Å²) in [5.41, 5.74) is 4.08. The molecular formula is C66H118N4O16S. The van der Waals surface area contributed by atoms with Crippen LogP contribution in [-0.2, 0) is 66.4 Å². The van der Waals surface area contributed by atoms with Gasteiger partial charge in [-0.25, -0.2) is 4.79 Å². The first-order valence-electron chi connectivity index (χ1n) is 33.2. The van der Waals surface area contributed by atoms with E-state index in [1.54, 1.807) is 12.5 Å². The van der Waals surface area contributed by atoms with Crippen LogP contribution in [0.4, 0.5) is 4.79 Å². The molecule has 5 N–H and O–H groups in total. The molecule has 0 aromatic carbocycles. The van der Waals surface area contributed by atoms with Crippen molar-refractivity contribution in [2.24, 2.45) is 23.2 Å². The summed E-state index contributed by atoms with van der Waals surface area (Å²) in [5, 5.41) is 22.5. The van der Waals surface area contributed by atoms with Crippen LogP contribution in [0, 0.1) is 23.2 Å². The summed E-state index contributed by atoms with van der Waals surface area (Å²) in [7, 11) is 0. The minimum atomic E-state index is -0.544. The van der Waals surface area contributed by atoms with Gasteiger partial charge in [0.05, 0.1) is 170 Å². The highest BCUT2D eigenvalue weighted by atomic mass is 32.2. The molecule has 21 heteroatoms. The number of carbonyl (C=O) groups is 3. The highest BCUT2D eigenvalue weighted by Gasteiger charge is 2.50. The average molecular weight is 1260 g/mol. The molecule has 8 atom stereocenters. The van der Waals surface area contributed by atoms with Crippen molar-refractivity contribution < 1.29 is 76.3 Å². The maximum absolute atomic E-state index is 12.0. The zero-order valence-electron chi connectivity index (χ0n) is 54.6. The standard InChI is InChI=1S/C37H71N3O14S.C29H47NO2/c1-2-8-43-10-12-45-14-16-47-18-20-49-22-24-51-26-28-53-30-31-54-29-27-52-25-23-50-21-19-48-17-15-46-13-11-44-9-7-38-35(41)6-4-3-5-34-36-33(32-55-34)39-37(42)40-36;1-20-11-14-25(30-22(3)31)19-24(20)13-12-23-10-8-18-29(6)26(15-16-27(23)29)21(2)9-7-17-28(4,5)32/h33-34,36H,2-32H2,1H3,(H,38,41)(H2,39,40,42);12-13,21,25-27,32H,1,7-11,14-19H2,2-6H3,(H,30,31)/b;23-12+,24-13-/t33-,34-,36-;21?,25-,26-,27?,29-/m01/s1. The molecule has 5 rings (SSSR count). The Morgan fingerprint density at radius 1 is 0.701 bits per heavy atom. The number of unbranched alkanes of at least 4 members (excludes halogenated alkanes) is 1. The van der Waals surface area contributed by atoms with Gasteiger partial charge in [0.25, 0.3) is 0 Å². The van der Waals surface area contributed by atoms with E-state index >= 15 is 0 Å². The Labute approximate surface area is 527 Å². The van der Waals surface area contributed by atoms with Gasteiger partial charge in [-0.15, -0.1) is 0 Å². The Morgan fingerprint density at radius 2 is 1.21 bits per heavy atom. The molecule has 0 bridgehead atoms. The van der Waals surface area contributed by atoms with Gasteiger partial charge in [-0.05, 0) is 120 Å². The van der Waals surface area contributed by atoms with E-state index < -0.39 is 5.60 Å².